The number of nitrogens with one attached hydrogen (secondary N) is 2. The van der Waals surface area contributed by atoms with Gasteiger partial charge in [0, 0.05) is 19.6 Å². The van der Waals surface area contributed by atoms with Crippen molar-refractivity contribution >= 4 is 29.9 Å². The maximum absolute atomic E-state index is 13.2. The average molecular weight is 448 g/mol. The molecule has 1 aliphatic heterocycles. The molecule has 6 heteroatoms. The lowest BCUT2D eigenvalue weighted by Gasteiger charge is -2.28. The first kappa shape index (κ1) is 21.2. The zero-order chi connectivity index (χ0) is 16.5. The van der Waals surface area contributed by atoms with Gasteiger partial charge < -0.3 is 15.5 Å². The molecule has 0 radical (unpaired) electrons. The van der Waals surface area contributed by atoms with Gasteiger partial charge >= 0.3 is 0 Å². The Labute approximate surface area is 162 Å². The van der Waals surface area contributed by atoms with Crippen molar-refractivity contribution in [2.45, 2.75) is 26.2 Å². The molecule has 1 aromatic rings. The molecule has 2 rings (SSSR count). The second kappa shape index (κ2) is 11.6. The summed E-state index contributed by atoms with van der Waals surface area (Å²) in [6, 6.07) is 6.77. The lowest BCUT2D eigenvalue weighted by atomic mass is 9.97. The number of rotatable bonds is 6. The van der Waals surface area contributed by atoms with Gasteiger partial charge in [-0.2, -0.15) is 0 Å². The van der Waals surface area contributed by atoms with Crippen molar-refractivity contribution in [3.8, 4) is 0 Å². The van der Waals surface area contributed by atoms with Crippen LogP contribution in [0.25, 0.3) is 0 Å². The third kappa shape index (κ3) is 7.79. The van der Waals surface area contributed by atoms with Crippen LogP contribution in [0.5, 0.6) is 0 Å². The Morgan fingerprint density at radius 3 is 2.71 bits per heavy atom. The summed E-state index contributed by atoms with van der Waals surface area (Å²) in [6.45, 7) is 6.89. The predicted octanol–water partition coefficient (Wildman–Crippen LogP) is 2.88. The summed E-state index contributed by atoms with van der Waals surface area (Å²) in [7, 11) is 2.18. The maximum atomic E-state index is 13.2. The molecule has 0 aliphatic carbocycles. The monoisotopic (exact) mass is 448 g/mol. The third-order valence-electron chi connectivity index (χ3n) is 4.29. The number of nitrogens with zero attached hydrogens (tertiary/aromatic N) is 2. The Morgan fingerprint density at radius 2 is 2.04 bits per heavy atom. The van der Waals surface area contributed by atoms with Crippen LogP contribution in [0.2, 0.25) is 0 Å². The first-order chi connectivity index (χ1) is 11.2. The van der Waals surface area contributed by atoms with Crippen LogP contribution in [0.3, 0.4) is 0 Å². The number of guanidine groups is 1. The summed E-state index contributed by atoms with van der Waals surface area (Å²) in [5.41, 5.74) is 1.00. The van der Waals surface area contributed by atoms with Crippen LogP contribution in [-0.4, -0.2) is 50.6 Å². The smallest absolute Gasteiger partial charge is 0.191 e. The fraction of sp³-hybridized carbons (Fsp3) is 0.611. The number of halogens is 2. The minimum atomic E-state index is -0.176. The average Bonchev–Trinajstić information content (AvgIpc) is 2.54. The lowest BCUT2D eigenvalue weighted by molar-refractivity contribution is 0.223. The standard InChI is InChI=1S/C18H29FN4.HI/c1-3-20-18(22-14-16-8-11-23(2)12-9-16)21-10-7-15-5-4-6-17(19)13-15;/h4-6,13,16H,3,7-12,14H2,1-2H3,(H2,20,21,22);1H. The predicted molar refractivity (Wildman–Crippen MR) is 110 cm³/mol. The molecule has 1 heterocycles. The van der Waals surface area contributed by atoms with Crippen molar-refractivity contribution in [1.29, 1.82) is 0 Å². The zero-order valence-electron chi connectivity index (χ0n) is 14.7. The van der Waals surface area contributed by atoms with E-state index < -0.39 is 0 Å². The van der Waals surface area contributed by atoms with Crippen LogP contribution >= 0.6 is 24.0 Å². The molecule has 136 valence electrons. The SMILES string of the molecule is CCNC(=NCC1CCN(C)CC1)NCCc1cccc(F)c1.I. The van der Waals surface area contributed by atoms with Crippen LogP contribution in [0.4, 0.5) is 4.39 Å². The van der Waals surface area contributed by atoms with Gasteiger partial charge in [0.05, 0.1) is 0 Å². The molecule has 0 amide bonds. The Bertz CT molecular complexity index is 502. The van der Waals surface area contributed by atoms with Gasteiger partial charge in [0.15, 0.2) is 5.96 Å². The number of hydrogen-bond acceptors (Lipinski definition) is 2. The Hall–Kier alpha value is -0.890. The molecule has 4 nitrogen and oxygen atoms in total. The van der Waals surface area contributed by atoms with Gasteiger partial charge in [-0.1, -0.05) is 12.1 Å². The van der Waals surface area contributed by atoms with Crippen molar-refractivity contribution in [3.63, 3.8) is 0 Å². The second-order valence-corrected chi connectivity index (χ2v) is 6.27. The summed E-state index contributed by atoms with van der Waals surface area (Å²) in [6.07, 6.45) is 3.24. The lowest BCUT2D eigenvalue weighted by Crippen LogP contribution is -2.39. The number of piperidine rings is 1. The number of hydrogen-bond donors (Lipinski definition) is 2. The van der Waals surface area contributed by atoms with Crippen molar-refractivity contribution in [1.82, 2.24) is 15.5 Å². The summed E-state index contributed by atoms with van der Waals surface area (Å²) in [5, 5.41) is 6.63. The minimum absolute atomic E-state index is 0. The molecule has 1 fully saturated rings. The van der Waals surface area contributed by atoms with Gasteiger partial charge in [-0.25, -0.2) is 4.39 Å². The van der Waals surface area contributed by atoms with E-state index in [1.807, 2.05) is 6.07 Å². The third-order valence-corrected chi connectivity index (χ3v) is 4.29. The zero-order valence-corrected chi connectivity index (χ0v) is 17.1. The van der Waals surface area contributed by atoms with Crippen molar-refractivity contribution in [2.75, 3.05) is 39.8 Å². The van der Waals surface area contributed by atoms with Gasteiger partial charge in [-0.05, 0) is 69.9 Å². The summed E-state index contributed by atoms with van der Waals surface area (Å²) in [4.78, 5) is 7.09. The largest absolute Gasteiger partial charge is 0.357 e. The number of benzene rings is 1. The molecule has 0 atom stereocenters. The minimum Gasteiger partial charge on any atom is -0.357 e. The topological polar surface area (TPSA) is 39.7 Å². The van der Waals surface area contributed by atoms with Gasteiger partial charge in [-0.3, -0.25) is 4.99 Å². The highest BCUT2D eigenvalue weighted by molar-refractivity contribution is 14.0. The molecular weight excluding hydrogens is 418 g/mol. The Balaban J connectivity index is 0.00000288. The quantitative estimate of drug-likeness (QED) is 0.400. The highest BCUT2D eigenvalue weighted by atomic mass is 127. The fourth-order valence-corrected chi connectivity index (χ4v) is 2.82. The first-order valence-electron chi connectivity index (χ1n) is 8.62. The maximum Gasteiger partial charge on any atom is 0.191 e. The van der Waals surface area contributed by atoms with Crippen LogP contribution in [0, 0.1) is 11.7 Å². The molecule has 0 bridgehead atoms. The molecule has 2 N–H and O–H groups in total. The number of likely N-dealkylation sites (tertiary alicyclic amines) is 1. The van der Waals surface area contributed by atoms with E-state index in [9.17, 15) is 4.39 Å². The molecule has 1 saturated heterocycles. The van der Waals surface area contributed by atoms with Gasteiger partial charge in [0.1, 0.15) is 5.82 Å². The van der Waals surface area contributed by atoms with Crippen LogP contribution in [-0.2, 0) is 6.42 Å². The number of aliphatic imine (C=N–C) groups is 1. The Morgan fingerprint density at radius 1 is 1.29 bits per heavy atom. The second-order valence-electron chi connectivity index (χ2n) is 6.27. The first-order valence-corrected chi connectivity index (χ1v) is 8.62. The summed E-state index contributed by atoms with van der Waals surface area (Å²) in [5.74, 6) is 1.37. The van der Waals surface area contributed by atoms with Crippen LogP contribution < -0.4 is 10.6 Å². The van der Waals surface area contributed by atoms with E-state index in [0.29, 0.717) is 5.92 Å². The van der Waals surface area contributed by atoms with Gasteiger partial charge in [0.25, 0.3) is 0 Å². The normalized spacial score (nSPS) is 16.5. The van der Waals surface area contributed by atoms with Crippen LogP contribution in [0.1, 0.15) is 25.3 Å². The molecular formula is C18H30FIN4. The van der Waals surface area contributed by atoms with E-state index in [4.69, 9.17) is 4.99 Å². The molecule has 0 aromatic heterocycles. The van der Waals surface area contributed by atoms with E-state index in [1.54, 1.807) is 12.1 Å². The van der Waals surface area contributed by atoms with E-state index in [-0.39, 0.29) is 29.8 Å². The highest BCUT2D eigenvalue weighted by Gasteiger charge is 2.16. The molecule has 1 aliphatic rings. The van der Waals surface area contributed by atoms with Crippen LogP contribution in [0.15, 0.2) is 29.3 Å². The van der Waals surface area contributed by atoms with E-state index in [0.717, 1.165) is 37.6 Å². The summed E-state index contributed by atoms with van der Waals surface area (Å²) >= 11 is 0. The molecule has 0 spiro atoms. The highest BCUT2D eigenvalue weighted by Crippen LogP contribution is 2.15. The van der Waals surface area contributed by atoms with Crippen molar-refractivity contribution < 1.29 is 4.39 Å². The van der Waals surface area contributed by atoms with E-state index in [1.165, 1.54) is 32.0 Å². The molecule has 0 saturated carbocycles. The fourth-order valence-electron chi connectivity index (χ4n) is 2.82. The van der Waals surface area contributed by atoms with E-state index in [2.05, 4.69) is 29.5 Å². The molecule has 24 heavy (non-hydrogen) atoms. The van der Waals surface area contributed by atoms with Crippen molar-refractivity contribution in [2.24, 2.45) is 10.9 Å². The van der Waals surface area contributed by atoms with Crippen molar-refractivity contribution in [3.05, 3.63) is 35.6 Å². The Kier molecular flexibility index (Phi) is 10.2. The van der Waals surface area contributed by atoms with Gasteiger partial charge in [0.2, 0.25) is 0 Å². The molecule has 1 aromatic carbocycles. The summed E-state index contributed by atoms with van der Waals surface area (Å²) < 4.78 is 13.2. The van der Waals surface area contributed by atoms with E-state index >= 15 is 0 Å². The van der Waals surface area contributed by atoms with Gasteiger partial charge in [-0.15, -0.1) is 24.0 Å². The molecule has 0 unspecified atom stereocenters.